The summed E-state index contributed by atoms with van der Waals surface area (Å²) in [5.74, 6) is 0.812. The Bertz CT molecular complexity index is 1100. The molecule has 4 aromatic rings. The zero-order valence-electron chi connectivity index (χ0n) is 13.2. The van der Waals surface area contributed by atoms with Gasteiger partial charge in [-0.1, -0.05) is 22.9 Å². The molecule has 0 aliphatic heterocycles. The molecule has 4 nitrogen and oxygen atoms in total. The molecule has 2 aromatic carbocycles. The van der Waals surface area contributed by atoms with Gasteiger partial charge in [0.05, 0.1) is 29.6 Å². The van der Waals surface area contributed by atoms with E-state index >= 15 is 0 Å². The van der Waals surface area contributed by atoms with Gasteiger partial charge < -0.3 is 4.74 Å². The van der Waals surface area contributed by atoms with Gasteiger partial charge in [-0.25, -0.2) is 4.98 Å². The molecule has 4 rings (SSSR count). The average Bonchev–Trinajstić information content (AvgIpc) is 3.21. The Morgan fingerprint density at radius 2 is 2.00 bits per heavy atom. The van der Waals surface area contributed by atoms with Crippen molar-refractivity contribution in [3.05, 3.63) is 67.5 Å². The monoisotopic (exact) mass is 388 g/mol. The van der Waals surface area contributed by atoms with Crippen LogP contribution in [0, 0.1) is 0 Å². The van der Waals surface area contributed by atoms with Crippen molar-refractivity contribution in [1.29, 1.82) is 0 Å². The molecule has 0 N–H and O–H groups in total. The number of benzene rings is 2. The molecule has 25 heavy (non-hydrogen) atoms. The predicted molar refractivity (Wildman–Crippen MR) is 104 cm³/mol. The van der Waals surface area contributed by atoms with Crippen molar-refractivity contribution in [2.75, 3.05) is 7.11 Å². The van der Waals surface area contributed by atoms with E-state index in [-0.39, 0.29) is 4.87 Å². The molecular formula is C18H13ClN2O2S2. The Balaban J connectivity index is 1.66. The molecule has 0 saturated carbocycles. The summed E-state index contributed by atoms with van der Waals surface area (Å²) < 4.78 is 7.84. The number of hydrogen-bond acceptors (Lipinski definition) is 5. The molecule has 0 spiro atoms. The maximum Gasteiger partial charge on any atom is 0.308 e. The number of ether oxygens (including phenoxy) is 1. The minimum absolute atomic E-state index is 0.00142. The van der Waals surface area contributed by atoms with Crippen molar-refractivity contribution in [3.8, 4) is 17.0 Å². The van der Waals surface area contributed by atoms with E-state index < -0.39 is 0 Å². The van der Waals surface area contributed by atoms with Gasteiger partial charge in [0.1, 0.15) is 10.8 Å². The van der Waals surface area contributed by atoms with Crippen molar-refractivity contribution < 1.29 is 4.74 Å². The van der Waals surface area contributed by atoms with Crippen LogP contribution in [0.2, 0.25) is 5.02 Å². The summed E-state index contributed by atoms with van der Waals surface area (Å²) in [5.41, 5.74) is 2.77. The number of halogens is 1. The van der Waals surface area contributed by atoms with Gasteiger partial charge in [-0.2, -0.15) is 0 Å². The first-order valence-corrected chi connectivity index (χ1v) is 9.59. The van der Waals surface area contributed by atoms with Gasteiger partial charge in [-0.15, -0.1) is 11.3 Å². The van der Waals surface area contributed by atoms with E-state index in [4.69, 9.17) is 16.3 Å². The van der Waals surface area contributed by atoms with E-state index in [1.807, 2.05) is 41.8 Å². The number of rotatable bonds is 4. The molecule has 2 aromatic heterocycles. The van der Waals surface area contributed by atoms with Crippen LogP contribution in [0.15, 0.2) is 52.6 Å². The predicted octanol–water partition coefficient (Wildman–Crippen LogP) is 4.90. The fraction of sp³-hybridized carbons (Fsp3) is 0.111. The third-order valence-electron chi connectivity index (χ3n) is 3.86. The molecule has 0 amide bonds. The molecule has 0 bridgehead atoms. The number of nitrogens with zero attached hydrogens (tertiary/aromatic N) is 2. The Kier molecular flexibility index (Phi) is 4.33. The molecule has 0 radical (unpaired) electrons. The zero-order chi connectivity index (χ0) is 17.4. The van der Waals surface area contributed by atoms with E-state index in [1.165, 1.54) is 11.3 Å². The first kappa shape index (κ1) is 16.3. The molecule has 0 atom stereocenters. The molecule has 7 heteroatoms. The number of thiazole rings is 2. The van der Waals surface area contributed by atoms with Gasteiger partial charge in [0.25, 0.3) is 0 Å². The highest BCUT2D eigenvalue weighted by Gasteiger charge is 2.11. The average molecular weight is 389 g/mol. The van der Waals surface area contributed by atoms with Gasteiger partial charge >= 0.3 is 4.87 Å². The number of methoxy groups -OCH3 is 1. The second-order valence-electron chi connectivity index (χ2n) is 5.42. The lowest BCUT2D eigenvalue weighted by atomic mass is 10.2. The Morgan fingerprint density at radius 1 is 1.20 bits per heavy atom. The van der Waals surface area contributed by atoms with Crippen molar-refractivity contribution in [2.45, 2.75) is 6.54 Å². The Morgan fingerprint density at radius 3 is 2.76 bits per heavy atom. The summed E-state index contributed by atoms with van der Waals surface area (Å²) in [6.45, 7) is 0.444. The minimum atomic E-state index is -0.00142. The van der Waals surface area contributed by atoms with Crippen molar-refractivity contribution in [1.82, 2.24) is 9.55 Å². The highest BCUT2D eigenvalue weighted by Crippen LogP contribution is 2.26. The molecule has 0 aliphatic carbocycles. The molecular weight excluding hydrogens is 376 g/mol. The molecule has 0 fully saturated rings. The first-order valence-electron chi connectivity index (χ1n) is 7.52. The van der Waals surface area contributed by atoms with Crippen LogP contribution in [0.5, 0.6) is 5.75 Å². The minimum Gasteiger partial charge on any atom is -0.497 e. The Hall–Kier alpha value is -2.15. The summed E-state index contributed by atoms with van der Waals surface area (Å²) in [6, 6.07) is 13.3. The summed E-state index contributed by atoms with van der Waals surface area (Å²) in [5, 5.41) is 3.51. The number of hydrogen-bond donors (Lipinski definition) is 0. The van der Waals surface area contributed by atoms with Gasteiger partial charge in [0.2, 0.25) is 0 Å². The van der Waals surface area contributed by atoms with Crippen molar-refractivity contribution in [2.24, 2.45) is 0 Å². The summed E-state index contributed by atoms with van der Waals surface area (Å²) in [7, 11) is 1.64. The number of fused-ring (bicyclic) bond motifs is 1. The highest BCUT2D eigenvalue weighted by molar-refractivity contribution is 7.16. The van der Waals surface area contributed by atoms with E-state index in [0.717, 1.165) is 32.2 Å². The van der Waals surface area contributed by atoms with Gasteiger partial charge in [-0.3, -0.25) is 9.36 Å². The smallest absolute Gasteiger partial charge is 0.308 e. The largest absolute Gasteiger partial charge is 0.497 e. The fourth-order valence-electron chi connectivity index (χ4n) is 2.60. The van der Waals surface area contributed by atoms with Crippen molar-refractivity contribution >= 4 is 44.5 Å². The molecule has 0 saturated heterocycles. The van der Waals surface area contributed by atoms with Crippen LogP contribution < -0.4 is 9.61 Å². The third-order valence-corrected chi connectivity index (χ3v) is 5.89. The van der Waals surface area contributed by atoms with E-state index in [0.29, 0.717) is 11.6 Å². The zero-order valence-corrected chi connectivity index (χ0v) is 15.6. The van der Waals surface area contributed by atoms with E-state index in [2.05, 4.69) is 4.98 Å². The standard InChI is InChI=1S/C18H13ClN2O2S2/c1-23-13-5-2-11(3-6-13)14-10-24-17(20-14)9-21-15-8-12(19)4-7-16(15)25-18(21)22/h2-8,10H,9H2,1H3. The lowest BCUT2D eigenvalue weighted by molar-refractivity contribution is 0.415. The SMILES string of the molecule is COc1ccc(-c2csc(Cn3c(=O)sc4ccc(Cl)cc43)n2)cc1. The normalized spacial score (nSPS) is 11.1. The van der Waals surface area contributed by atoms with Gasteiger partial charge in [0, 0.05) is 16.0 Å². The quantitative estimate of drug-likeness (QED) is 0.499. The van der Waals surface area contributed by atoms with Crippen LogP contribution in [-0.4, -0.2) is 16.7 Å². The lowest BCUT2D eigenvalue weighted by Gasteiger charge is -2.02. The van der Waals surface area contributed by atoms with E-state index in [1.54, 1.807) is 29.1 Å². The van der Waals surface area contributed by atoms with Crippen LogP contribution in [0.1, 0.15) is 5.01 Å². The summed E-state index contributed by atoms with van der Waals surface area (Å²) in [4.78, 5) is 17.0. The molecule has 0 aliphatic rings. The van der Waals surface area contributed by atoms with Crippen LogP contribution in [0.3, 0.4) is 0 Å². The second-order valence-corrected chi connectivity index (χ2v) is 7.79. The molecule has 126 valence electrons. The first-order chi connectivity index (χ1) is 12.1. The van der Waals surface area contributed by atoms with E-state index in [9.17, 15) is 4.79 Å². The maximum atomic E-state index is 12.3. The Labute approximate surface area is 156 Å². The van der Waals surface area contributed by atoms with Gasteiger partial charge in [-0.05, 0) is 42.5 Å². The van der Waals surface area contributed by atoms with Crippen LogP contribution in [0.4, 0.5) is 0 Å². The fourth-order valence-corrected chi connectivity index (χ4v) is 4.43. The third kappa shape index (κ3) is 3.20. The van der Waals surface area contributed by atoms with Gasteiger partial charge in [0.15, 0.2) is 0 Å². The van der Waals surface area contributed by atoms with Crippen LogP contribution in [0.25, 0.3) is 21.5 Å². The number of aromatic nitrogens is 2. The molecule has 2 heterocycles. The maximum absolute atomic E-state index is 12.3. The topological polar surface area (TPSA) is 44.1 Å². The lowest BCUT2D eigenvalue weighted by Crippen LogP contribution is -2.13. The van der Waals surface area contributed by atoms with Crippen LogP contribution >= 0.6 is 34.3 Å². The van der Waals surface area contributed by atoms with Crippen LogP contribution in [-0.2, 0) is 6.54 Å². The van der Waals surface area contributed by atoms with Crippen molar-refractivity contribution in [3.63, 3.8) is 0 Å². The summed E-state index contributed by atoms with van der Waals surface area (Å²) in [6.07, 6.45) is 0. The second kappa shape index (κ2) is 6.63. The summed E-state index contributed by atoms with van der Waals surface area (Å²) >= 11 is 8.85. The highest BCUT2D eigenvalue weighted by atomic mass is 35.5. The molecule has 0 unspecified atom stereocenters.